The number of halogens is 1. The molecule has 0 fully saturated rings. The minimum Gasteiger partial charge on any atom is -0.324 e. The molecule has 0 bridgehead atoms. The normalized spacial score (nSPS) is 10.6. The van der Waals surface area contributed by atoms with Gasteiger partial charge in [-0.2, -0.15) is 0 Å². The van der Waals surface area contributed by atoms with E-state index in [0.717, 1.165) is 17.1 Å². The van der Waals surface area contributed by atoms with Gasteiger partial charge in [-0.3, -0.25) is 4.57 Å². The lowest BCUT2D eigenvalue weighted by atomic mass is 10.2. The van der Waals surface area contributed by atoms with Crippen molar-refractivity contribution in [2.75, 3.05) is 0 Å². The molecule has 1 aromatic carbocycles. The second-order valence-electron chi connectivity index (χ2n) is 3.25. The maximum Gasteiger partial charge on any atom is 0.151 e. The van der Waals surface area contributed by atoms with Crippen molar-refractivity contribution in [1.29, 1.82) is 0 Å². The van der Waals surface area contributed by atoms with Gasteiger partial charge >= 0.3 is 0 Å². The predicted octanol–water partition coefficient (Wildman–Crippen LogP) is 1.69. The van der Waals surface area contributed by atoms with Crippen LogP contribution in [0.1, 0.15) is 11.4 Å². The highest BCUT2D eigenvalue weighted by Gasteiger charge is 2.07. The fourth-order valence-electron chi connectivity index (χ4n) is 1.44. The molecule has 0 unspecified atom stereocenters. The first-order chi connectivity index (χ1) is 7.22. The first-order valence-corrected chi connectivity index (χ1v) is 4.95. The molecule has 78 valence electrons. The standard InChI is InChI=1S/C10H11ClN4/c1-7-2-3-8(11)4-9(7)15-6-13-14-10(15)5-12/h2-4,6H,5,12H2,1H3. The Labute approximate surface area is 92.7 Å². The zero-order valence-corrected chi connectivity index (χ0v) is 9.07. The van der Waals surface area contributed by atoms with Gasteiger partial charge in [-0.15, -0.1) is 10.2 Å². The molecule has 0 spiro atoms. The second kappa shape index (κ2) is 4.00. The highest BCUT2D eigenvalue weighted by molar-refractivity contribution is 6.30. The third kappa shape index (κ3) is 1.86. The Hall–Kier alpha value is -1.39. The molecule has 1 heterocycles. The van der Waals surface area contributed by atoms with E-state index in [4.69, 9.17) is 17.3 Å². The van der Waals surface area contributed by atoms with Crippen LogP contribution >= 0.6 is 11.6 Å². The van der Waals surface area contributed by atoms with Crippen LogP contribution in [0.5, 0.6) is 0 Å². The van der Waals surface area contributed by atoms with Crippen LogP contribution in [0, 0.1) is 6.92 Å². The van der Waals surface area contributed by atoms with Crippen molar-refractivity contribution in [2.45, 2.75) is 13.5 Å². The largest absolute Gasteiger partial charge is 0.324 e. The van der Waals surface area contributed by atoms with Crippen LogP contribution in [-0.2, 0) is 6.54 Å². The molecule has 0 saturated heterocycles. The summed E-state index contributed by atoms with van der Waals surface area (Å²) in [4.78, 5) is 0. The first-order valence-electron chi connectivity index (χ1n) is 4.58. The van der Waals surface area contributed by atoms with Crippen LogP contribution in [-0.4, -0.2) is 14.8 Å². The molecule has 15 heavy (non-hydrogen) atoms. The van der Waals surface area contributed by atoms with Crippen molar-refractivity contribution in [3.05, 3.63) is 40.9 Å². The molecule has 0 atom stereocenters. The number of hydrogen-bond donors (Lipinski definition) is 1. The van der Waals surface area contributed by atoms with Gasteiger partial charge in [0.15, 0.2) is 5.82 Å². The predicted molar refractivity (Wildman–Crippen MR) is 59.0 cm³/mol. The molecule has 2 N–H and O–H groups in total. The van der Waals surface area contributed by atoms with E-state index in [1.807, 2.05) is 29.7 Å². The van der Waals surface area contributed by atoms with Gasteiger partial charge in [-0.05, 0) is 24.6 Å². The number of hydrogen-bond acceptors (Lipinski definition) is 3. The smallest absolute Gasteiger partial charge is 0.151 e. The summed E-state index contributed by atoms with van der Waals surface area (Å²) in [5, 5.41) is 8.44. The molecule has 0 aliphatic carbocycles. The van der Waals surface area contributed by atoms with Crippen molar-refractivity contribution in [2.24, 2.45) is 5.73 Å². The summed E-state index contributed by atoms with van der Waals surface area (Å²) in [5.74, 6) is 0.723. The monoisotopic (exact) mass is 222 g/mol. The lowest BCUT2D eigenvalue weighted by molar-refractivity contribution is 0.856. The van der Waals surface area contributed by atoms with Crippen LogP contribution < -0.4 is 5.73 Å². The molecule has 5 heteroatoms. The zero-order valence-electron chi connectivity index (χ0n) is 8.31. The number of nitrogens with two attached hydrogens (primary N) is 1. The minimum atomic E-state index is 0.353. The molecule has 0 saturated carbocycles. The number of benzene rings is 1. The quantitative estimate of drug-likeness (QED) is 0.841. The van der Waals surface area contributed by atoms with E-state index in [2.05, 4.69) is 10.2 Å². The third-order valence-electron chi connectivity index (χ3n) is 2.23. The molecular formula is C10H11ClN4. The van der Waals surface area contributed by atoms with Gasteiger partial charge < -0.3 is 5.73 Å². The maximum atomic E-state index is 5.94. The number of aromatic nitrogens is 3. The zero-order chi connectivity index (χ0) is 10.8. The number of rotatable bonds is 2. The summed E-state index contributed by atoms with van der Waals surface area (Å²) in [6, 6.07) is 5.68. The lowest BCUT2D eigenvalue weighted by Crippen LogP contribution is -2.07. The van der Waals surface area contributed by atoms with Gasteiger partial charge in [-0.1, -0.05) is 17.7 Å². The van der Waals surface area contributed by atoms with E-state index in [-0.39, 0.29) is 0 Å². The molecule has 0 radical (unpaired) electrons. The van der Waals surface area contributed by atoms with Gasteiger partial charge in [0.25, 0.3) is 0 Å². The first kappa shape index (κ1) is 10.1. The summed E-state index contributed by atoms with van der Waals surface area (Å²) < 4.78 is 1.85. The minimum absolute atomic E-state index is 0.353. The fraction of sp³-hybridized carbons (Fsp3) is 0.200. The molecule has 4 nitrogen and oxygen atoms in total. The summed E-state index contributed by atoms with van der Waals surface area (Å²) in [7, 11) is 0. The Bertz CT molecular complexity index is 478. The Morgan fingerprint density at radius 2 is 2.27 bits per heavy atom. The number of aryl methyl sites for hydroxylation is 1. The van der Waals surface area contributed by atoms with Crippen LogP contribution in [0.25, 0.3) is 5.69 Å². The highest BCUT2D eigenvalue weighted by atomic mass is 35.5. The highest BCUT2D eigenvalue weighted by Crippen LogP contribution is 2.19. The molecule has 0 aliphatic heterocycles. The van der Waals surface area contributed by atoms with Crippen LogP contribution in [0.2, 0.25) is 5.02 Å². The summed E-state index contributed by atoms with van der Waals surface area (Å²) in [6.07, 6.45) is 1.64. The van der Waals surface area contributed by atoms with Crippen molar-refractivity contribution < 1.29 is 0 Å². The van der Waals surface area contributed by atoms with E-state index >= 15 is 0 Å². The fourth-order valence-corrected chi connectivity index (χ4v) is 1.61. The Balaban J connectivity index is 2.58. The molecule has 2 rings (SSSR count). The summed E-state index contributed by atoms with van der Waals surface area (Å²) in [5.41, 5.74) is 7.64. The molecule has 0 aliphatic rings. The van der Waals surface area contributed by atoms with Gasteiger partial charge in [-0.25, -0.2) is 0 Å². The van der Waals surface area contributed by atoms with Gasteiger partial charge in [0.1, 0.15) is 6.33 Å². The molecule has 1 aromatic heterocycles. The number of nitrogens with zero attached hydrogens (tertiary/aromatic N) is 3. The van der Waals surface area contributed by atoms with Gasteiger partial charge in [0.05, 0.1) is 12.2 Å². The van der Waals surface area contributed by atoms with Crippen molar-refractivity contribution in [3.63, 3.8) is 0 Å². The van der Waals surface area contributed by atoms with Crippen molar-refractivity contribution in [1.82, 2.24) is 14.8 Å². The topological polar surface area (TPSA) is 56.7 Å². The van der Waals surface area contributed by atoms with Crippen LogP contribution in [0.4, 0.5) is 0 Å². The van der Waals surface area contributed by atoms with Crippen molar-refractivity contribution >= 4 is 11.6 Å². The Morgan fingerprint density at radius 3 is 3.00 bits per heavy atom. The summed E-state index contributed by atoms with van der Waals surface area (Å²) in [6.45, 7) is 2.36. The van der Waals surface area contributed by atoms with E-state index in [1.54, 1.807) is 6.33 Å². The SMILES string of the molecule is Cc1ccc(Cl)cc1-n1cnnc1CN. The van der Waals surface area contributed by atoms with Crippen LogP contribution in [0.15, 0.2) is 24.5 Å². The molecule has 2 aromatic rings. The lowest BCUT2D eigenvalue weighted by Gasteiger charge is -2.08. The van der Waals surface area contributed by atoms with E-state index in [9.17, 15) is 0 Å². The van der Waals surface area contributed by atoms with Crippen molar-refractivity contribution in [3.8, 4) is 5.69 Å². The maximum absolute atomic E-state index is 5.94. The van der Waals surface area contributed by atoms with E-state index < -0.39 is 0 Å². The molecular weight excluding hydrogens is 212 g/mol. The van der Waals surface area contributed by atoms with E-state index in [1.165, 1.54) is 0 Å². The molecule has 0 amide bonds. The van der Waals surface area contributed by atoms with E-state index in [0.29, 0.717) is 11.6 Å². The Kier molecular flexibility index (Phi) is 2.70. The van der Waals surface area contributed by atoms with Crippen LogP contribution in [0.3, 0.4) is 0 Å². The average Bonchev–Trinajstić information content (AvgIpc) is 2.69. The summed E-state index contributed by atoms with van der Waals surface area (Å²) >= 11 is 5.94. The van der Waals surface area contributed by atoms with Gasteiger partial charge in [0, 0.05) is 5.02 Å². The second-order valence-corrected chi connectivity index (χ2v) is 3.69. The van der Waals surface area contributed by atoms with Gasteiger partial charge in [0.2, 0.25) is 0 Å². The average molecular weight is 223 g/mol. The third-order valence-corrected chi connectivity index (χ3v) is 2.47. The Morgan fingerprint density at radius 1 is 1.47 bits per heavy atom.